The highest BCUT2D eigenvalue weighted by molar-refractivity contribution is 7.89. The molecule has 2 aliphatic rings. The summed E-state index contributed by atoms with van der Waals surface area (Å²) in [6.45, 7) is 6.00. The Morgan fingerprint density at radius 1 is 1.17 bits per heavy atom. The van der Waals surface area contributed by atoms with E-state index in [0.29, 0.717) is 25.3 Å². The molecule has 2 fully saturated rings. The molecule has 0 bridgehead atoms. The van der Waals surface area contributed by atoms with Gasteiger partial charge in [-0.1, -0.05) is 19.4 Å². The predicted molar refractivity (Wildman–Crippen MR) is 120 cm³/mol. The number of anilines is 1. The molecule has 3 N–H and O–H groups in total. The van der Waals surface area contributed by atoms with Gasteiger partial charge in [0, 0.05) is 37.8 Å². The van der Waals surface area contributed by atoms with Gasteiger partial charge in [-0.15, -0.1) is 24.8 Å². The van der Waals surface area contributed by atoms with E-state index >= 15 is 0 Å². The molecule has 1 saturated carbocycles. The van der Waals surface area contributed by atoms with Crippen molar-refractivity contribution in [2.75, 3.05) is 44.6 Å². The zero-order chi connectivity index (χ0) is 19.4. The van der Waals surface area contributed by atoms with Gasteiger partial charge in [-0.05, 0) is 50.0 Å². The molecule has 1 heterocycles. The highest BCUT2D eigenvalue weighted by Gasteiger charge is 2.32. The molecule has 0 aromatic heterocycles. The maximum absolute atomic E-state index is 13.0. The number of hydrogen-bond acceptors (Lipinski definition) is 5. The van der Waals surface area contributed by atoms with E-state index in [1.807, 2.05) is 0 Å². The first-order valence-corrected chi connectivity index (χ1v) is 11.2. The molecule has 1 amide bonds. The minimum Gasteiger partial charge on any atom is -0.330 e. The number of amides is 1. The summed E-state index contributed by atoms with van der Waals surface area (Å²) in [5, 5.41) is 2.89. The number of likely N-dealkylation sites (N-methyl/N-ethyl adjacent to an activating group) is 1. The fourth-order valence-corrected chi connectivity index (χ4v) is 5.54. The van der Waals surface area contributed by atoms with Gasteiger partial charge in [0.1, 0.15) is 0 Å². The predicted octanol–water partition coefficient (Wildman–Crippen LogP) is 2.17. The first-order valence-electron chi connectivity index (χ1n) is 9.79. The summed E-state index contributed by atoms with van der Waals surface area (Å²) in [4.78, 5) is 15.0. The van der Waals surface area contributed by atoms with E-state index in [4.69, 9.17) is 5.73 Å². The number of halogens is 2. The molecule has 0 radical (unpaired) electrons. The van der Waals surface area contributed by atoms with E-state index in [-0.39, 0.29) is 47.5 Å². The number of nitrogens with zero attached hydrogens (tertiary/aromatic N) is 2. The maximum atomic E-state index is 13.0. The first kappa shape index (κ1) is 26.1. The van der Waals surface area contributed by atoms with E-state index in [1.165, 1.54) is 4.31 Å². The maximum Gasteiger partial charge on any atom is 0.243 e. The summed E-state index contributed by atoms with van der Waals surface area (Å²) in [6, 6.07) is 6.57. The standard InChI is InChI=1S/C19H30N4O3S.2ClH/c1-2-22-9-11-23(12-10-22)27(25,26)17-7-4-6-16(13-17)21-19(24)18-8-3-5-15(18)14-20;;/h4,6-7,13,15,18H,2-3,5,8-12,14,20H2,1H3,(H,21,24);2*1H/t15-,18-;;/m1../s1. The second-order valence-electron chi connectivity index (χ2n) is 7.39. The van der Waals surface area contributed by atoms with E-state index in [0.717, 1.165) is 38.9 Å². The van der Waals surface area contributed by atoms with Crippen molar-refractivity contribution in [1.82, 2.24) is 9.21 Å². The van der Waals surface area contributed by atoms with Crippen molar-refractivity contribution in [3.63, 3.8) is 0 Å². The Hall–Kier alpha value is -0.900. The summed E-state index contributed by atoms with van der Waals surface area (Å²) in [7, 11) is -3.55. The van der Waals surface area contributed by atoms with E-state index < -0.39 is 10.0 Å². The Kier molecular flexibility index (Phi) is 10.3. The van der Waals surface area contributed by atoms with Gasteiger partial charge in [-0.25, -0.2) is 8.42 Å². The number of benzene rings is 1. The van der Waals surface area contributed by atoms with Crippen LogP contribution in [0.15, 0.2) is 29.2 Å². The lowest BCUT2D eigenvalue weighted by atomic mass is 9.95. The van der Waals surface area contributed by atoms with Crippen molar-refractivity contribution in [3.05, 3.63) is 24.3 Å². The summed E-state index contributed by atoms with van der Waals surface area (Å²) < 4.78 is 27.4. The summed E-state index contributed by atoms with van der Waals surface area (Å²) in [5.74, 6) is 0.0678. The number of hydrogen-bond donors (Lipinski definition) is 2. The van der Waals surface area contributed by atoms with Gasteiger partial charge in [-0.2, -0.15) is 4.31 Å². The lowest BCUT2D eigenvalue weighted by molar-refractivity contribution is -0.120. The zero-order valence-electron chi connectivity index (χ0n) is 16.7. The number of nitrogens with two attached hydrogens (primary N) is 1. The minimum absolute atomic E-state index is 0. The van der Waals surface area contributed by atoms with Gasteiger partial charge in [0.05, 0.1) is 4.90 Å². The lowest BCUT2D eigenvalue weighted by Crippen LogP contribution is -2.48. The topological polar surface area (TPSA) is 95.7 Å². The zero-order valence-corrected chi connectivity index (χ0v) is 19.2. The van der Waals surface area contributed by atoms with Crippen LogP contribution in [0.25, 0.3) is 0 Å². The van der Waals surface area contributed by atoms with Gasteiger partial charge in [0.2, 0.25) is 15.9 Å². The fourth-order valence-electron chi connectivity index (χ4n) is 4.07. The number of piperazine rings is 1. The summed E-state index contributed by atoms with van der Waals surface area (Å²) in [5.41, 5.74) is 6.29. The molecule has 0 unspecified atom stereocenters. The van der Waals surface area contributed by atoms with Gasteiger partial charge < -0.3 is 16.0 Å². The number of sulfonamides is 1. The Morgan fingerprint density at radius 3 is 2.48 bits per heavy atom. The molecule has 1 aromatic carbocycles. The monoisotopic (exact) mass is 466 g/mol. The highest BCUT2D eigenvalue weighted by Crippen LogP contribution is 2.32. The lowest BCUT2D eigenvalue weighted by Gasteiger charge is -2.33. The molecule has 7 nitrogen and oxygen atoms in total. The van der Waals surface area contributed by atoms with Crippen LogP contribution in [-0.4, -0.2) is 62.8 Å². The average Bonchev–Trinajstić information content (AvgIpc) is 3.17. The molecule has 2 atom stereocenters. The molecule has 1 saturated heterocycles. The van der Waals surface area contributed by atoms with Crippen LogP contribution in [0.1, 0.15) is 26.2 Å². The molecule has 3 rings (SSSR count). The Balaban J connectivity index is 0.00000210. The number of rotatable bonds is 6. The Morgan fingerprint density at radius 2 is 1.86 bits per heavy atom. The van der Waals surface area contributed by atoms with Crippen molar-refractivity contribution < 1.29 is 13.2 Å². The van der Waals surface area contributed by atoms with Crippen LogP contribution in [0.4, 0.5) is 5.69 Å². The van der Waals surface area contributed by atoms with Crippen molar-refractivity contribution >= 4 is 46.4 Å². The average molecular weight is 467 g/mol. The van der Waals surface area contributed by atoms with Crippen molar-refractivity contribution in [2.24, 2.45) is 17.6 Å². The quantitative estimate of drug-likeness (QED) is 0.669. The molecular weight excluding hydrogens is 435 g/mol. The highest BCUT2D eigenvalue weighted by atomic mass is 35.5. The van der Waals surface area contributed by atoms with Crippen LogP contribution in [-0.2, 0) is 14.8 Å². The molecule has 1 aliphatic heterocycles. The van der Waals surface area contributed by atoms with Crippen LogP contribution in [0.2, 0.25) is 0 Å². The van der Waals surface area contributed by atoms with E-state index in [1.54, 1.807) is 24.3 Å². The normalized spacial score (nSPS) is 23.1. The van der Waals surface area contributed by atoms with E-state index in [2.05, 4.69) is 17.1 Å². The minimum atomic E-state index is -3.55. The van der Waals surface area contributed by atoms with Crippen LogP contribution >= 0.6 is 24.8 Å². The molecule has 1 aromatic rings. The fraction of sp³-hybridized carbons (Fsp3) is 0.632. The van der Waals surface area contributed by atoms with Crippen LogP contribution in [0, 0.1) is 11.8 Å². The van der Waals surface area contributed by atoms with Gasteiger partial charge in [0.15, 0.2) is 0 Å². The Bertz CT molecular complexity index is 770. The molecule has 166 valence electrons. The van der Waals surface area contributed by atoms with Crippen molar-refractivity contribution in [2.45, 2.75) is 31.1 Å². The Labute approximate surface area is 186 Å². The van der Waals surface area contributed by atoms with Gasteiger partial charge in [0.25, 0.3) is 0 Å². The SMILES string of the molecule is CCN1CCN(S(=O)(=O)c2cccc(NC(=O)[C@@H]3CCC[C@@H]3CN)c2)CC1.Cl.Cl. The van der Waals surface area contributed by atoms with Gasteiger partial charge in [-0.3, -0.25) is 4.79 Å². The molecule has 10 heteroatoms. The van der Waals surface area contributed by atoms with Crippen LogP contribution in [0.3, 0.4) is 0 Å². The van der Waals surface area contributed by atoms with Crippen molar-refractivity contribution in [1.29, 1.82) is 0 Å². The third-order valence-corrected chi connectivity index (χ3v) is 7.71. The van der Waals surface area contributed by atoms with Crippen LogP contribution in [0.5, 0.6) is 0 Å². The van der Waals surface area contributed by atoms with Crippen LogP contribution < -0.4 is 11.1 Å². The number of nitrogens with one attached hydrogen (secondary N) is 1. The first-order chi connectivity index (χ1) is 13.0. The molecule has 1 aliphatic carbocycles. The van der Waals surface area contributed by atoms with E-state index in [9.17, 15) is 13.2 Å². The smallest absolute Gasteiger partial charge is 0.243 e. The molecule has 29 heavy (non-hydrogen) atoms. The summed E-state index contributed by atoms with van der Waals surface area (Å²) in [6.07, 6.45) is 2.83. The number of carbonyl (C=O) groups is 1. The number of carbonyl (C=O) groups excluding carboxylic acids is 1. The molecule has 0 spiro atoms. The second-order valence-corrected chi connectivity index (χ2v) is 9.33. The third-order valence-electron chi connectivity index (χ3n) is 5.82. The van der Waals surface area contributed by atoms with Crippen molar-refractivity contribution in [3.8, 4) is 0 Å². The van der Waals surface area contributed by atoms with Gasteiger partial charge >= 0.3 is 0 Å². The third kappa shape index (κ3) is 6.06. The second kappa shape index (κ2) is 11.5. The molecular formula is C19H32Cl2N4O3S. The summed E-state index contributed by atoms with van der Waals surface area (Å²) >= 11 is 0. The largest absolute Gasteiger partial charge is 0.330 e.